The number of halogens is 1. The number of rotatable bonds is 6. The highest BCUT2D eigenvalue weighted by Gasteiger charge is 2.31. The minimum absolute atomic E-state index is 0.221. The zero-order chi connectivity index (χ0) is 17.7. The fourth-order valence-electron chi connectivity index (χ4n) is 1.92. The molecule has 6 nitrogen and oxygen atoms in total. The number of hydrogen-bond acceptors (Lipinski definition) is 3. The van der Waals surface area contributed by atoms with Crippen LogP contribution in [0.5, 0.6) is 0 Å². The van der Waals surface area contributed by atoms with Crippen molar-refractivity contribution in [2.45, 2.75) is 32.9 Å². The van der Waals surface area contributed by atoms with Gasteiger partial charge in [-0.2, -0.15) is 0 Å². The molecule has 23 heavy (non-hydrogen) atoms. The van der Waals surface area contributed by atoms with E-state index in [1.165, 1.54) is 26.1 Å². The van der Waals surface area contributed by atoms with E-state index in [0.29, 0.717) is 0 Å². The first-order chi connectivity index (χ1) is 10.6. The average Bonchev–Trinajstić information content (AvgIpc) is 2.50. The first-order valence-corrected chi connectivity index (χ1v) is 7.21. The minimum Gasteiger partial charge on any atom is -0.480 e. The van der Waals surface area contributed by atoms with E-state index < -0.39 is 35.7 Å². The fraction of sp³-hybridized carbons (Fsp3) is 0.438. The molecule has 0 bridgehead atoms. The monoisotopic (exact) mass is 324 g/mol. The third-order valence-electron chi connectivity index (χ3n) is 3.61. The van der Waals surface area contributed by atoms with E-state index in [1.807, 2.05) is 0 Å². The number of benzene rings is 1. The standard InChI is InChI=1S/C16H21FN2O4/c1-9(2)13(15(21)19(4)10(3)16(22)23)18-14(20)11-5-7-12(17)8-6-11/h5-10,13H,1-4H3,(H,18,20)(H,22,23). The lowest BCUT2D eigenvalue weighted by molar-refractivity contribution is -0.149. The van der Waals surface area contributed by atoms with Gasteiger partial charge in [-0.1, -0.05) is 13.8 Å². The van der Waals surface area contributed by atoms with Crippen molar-refractivity contribution in [3.8, 4) is 0 Å². The van der Waals surface area contributed by atoms with Gasteiger partial charge in [0.15, 0.2) is 0 Å². The van der Waals surface area contributed by atoms with Crippen LogP contribution in [0.25, 0.3) is 0 Å². The van der Waals surface area contributed by atoms with Gasteiger partial charge in [-0.05, 0) is 37.1 Å². The summed E-state index contributed by atoms with van der Waals surface area (Å²) in [6, 6.07) is 3.05. The van der Waals surface area contributed by atoms with Crippen LogP contribution in [0.1, 0.15) is 31.1 Å². The van der Waals surface area contributed by atoms with E-state index in [-0.39, 0.29) is 11.5 Å². The van der Waals surface area contributed by atoms with E-state index in [9.17, 15) is 18.8 Å². The number of carboxylic acid groups (broad SMARTS) is 1. The Morgan fingerprint density at radius 1 is 1.13 bits per heavy atom. The maximum absolute atomic E-state index is 12.9. The van der Waals surface area contributed by atoms with Crippen molar-refractivity contribution >= 4 is 17.8 Å². The SMILES string of the molecule is CC(C)C(NC(=O)c1ccc(F)cc1)C(=O)N(C)C(C)C(=O)O. The van der Waals surface area contributed by atoms with Crippen LogP contribution in [0, 0.1) is 11.7 Å². The molecule has 2 atom stereocenters. The molecule has 1 aromatic rings. The molecule has 1 aromatic carbocycles. The predicted molar refractivity (Wildman–Crippen MR) is 82.4 cm³/mol. The summed E-state index contributed by atoms with van der Waals surface area (Å²) >= 11 is 0. The summed E-state index contributed by atoms with van der Waals surface area (Å²) in [5.74, 6) is -2.85. The number of carboxylic acids is 1. The number of nitrogens with zero attached hydrogens (tertiary/aromatic N) is 1. The summed E-state index contributed by atoms with van der Waals surface area (Å²) < 4.78 is 12.9. The quantitative estimate of drug-likeness (QED) is 0.830. The molecule has 2 unspecified atom stereocenters. The number of hydrogen-bond donors (Lipinski definition) is 2. The van der Waals surface area contributed by atoms with Crippen molar-refractivity contribution in [2.75, 3.05) is 7.05 Å². The summed E-state index contributed by atoms with van der Waals surface area (Å²) in [6.45, 7) is 4.87. The Kier molecular flexibility index (Phi) is 6.24. The first kappa shape index (κ1) is 18.6. The minimum atomic E-state index is -1.13. The fourth-order valence-corrected chi connectivity index (χ4v) is 1.92. The molecule has 7 heteroatoms. The molecule has 0 aliphatic heterocycles. The van der Waals surface area contributed by atoms with Gasteiger partial charge < -0.3 is 15.3 Å². The zero-order valence-corrected chi connectivity index (χ0v) is 13.5. The number of aliphatic carboxylic acids is 1. The molecule has 0 spiro atoms. The Morgan fingerprint density at radius 3 is 2.09 bits per heavy atom. The highest BCUT2D eigenvalue weighted by atomic mass is 19.1. The van der Waals surface area contributed by atoms with Crippen molar-refractivity contribution in [2.24, 2.45) is 5.92 Å². The maximum atomic E-state index is 12.9. The Balaban J connectivity index is 2.90. The summed E-state index contributed by atoms with van der Waals surface area (Å²) in [5, 5.41) is 11.6. The molecule has 0 heterocycles. The molecule has 2 amide bonds. The van der Waals surface area contributed by atoms with Crippen molar-refractivity contribution in [3.63, 3.8) is 0 Å². The lowest BCUT2D eigenvalue weighted by Gasteiger charge is -2.29. The lowest BCUT2D eigenvalue weighted by atomic mass is 10.0. The van der Waals surface area contributed by atoms with Crippen LogP contribution in [-0.2, 0) is 9.59 Å². The van der Waals surface area contributed by atoms with Crippen LogP contribution in [-0.4, -0.2) is 46.9 Å². The third-order valence-corrected chi connectivity index (χ3v) is 3.61. The summed E-state index contributed by atoms with van der Waals surface area (Å²) in [5.41, 5.74) is 0.221. The second-order valence-corrected chi connectivity index (χ2v) is 5.67. The van der Waals surface area contributed by atoms with E-state index in [0.717, 1.165) is 17.0 Å². The van der Waals surface area contributed by atoms with Crippen LogP contribution in [0.2, 0.25) is 0 Å². The van der Waals surface area contributed by atoms with Gasteiger partial charge in [-0.15, -0.1) is 0 Å². The smallest absolute Gasteiger partial charge is 0.326 e. The molecule has 0 saturated carbocycles. The third kappa shape index (κ3) is 4.77. The van der Waals surface area contributed by atoms with Crippen molar-refractivity contribution in [3.05, 3.63) is 35.6 Å². The van der Waals surface area contributed by atoms with Crippen molar-refractivity contribution in [1.29, 1.82) is 0 Å². The van der Waals surface area contributed by atoms with Gasteiger partial charge in [-0.3, -0.25) is 9.59 Å². The second kappa shape index (κ2) is 7.71. The summed E-state index contributed by atoms with van der Waals surface area (Å²) in [4.78, 5) is 36.7. The number of carbonyl (C=O) groups is 3. The number of likely N-dealkylation sites (N-methyl/N-ethyl adjacent to an activating group) is 1. The molecule has 126 valence electrons. The largest absolute Gasteiger partial charge is 0.480 e. The average molecular weight is 324 g/mol. The predicted octanol–water partition coefficient (Wildman–Crippen LogP) is 1.51. The second-order valence-electron chi connectivity index (χ2n) is 5.67. The van der Waals surface area contributed by atoms with Gasteiger partial charge in [0.2, 0.25) is 5.91 Å². The van der Waals surface area contributed by atoms with Crippen LogP contribution >= 0.6 is 0 Å². The molecule has 2 N–H and O–H groups in total. The highest BCUT2D eigenvalue weighted by Crippen LogP contribution is 2.10. The van der Waals surface area contributed by atoms with Gasteiger partial charge in [0.25, 0.3) is 5.91 Å². The van der Waals surface area contributed by atoms with Crippen molar-refractivity contribution in [1.82, 2.24) is 10.2 Å². The number of carbonyl (C=O) groups excluding carboxylic acids is 2. The van der Waals surface area contributed by atoms with Crippen LogP contribution < -0.4 is 5.32 Å². The van der Waals surface area contributed by atoms with Crippen LogP contribution in [0.15, 0.2) is 24.3 Å². The summed E-state index contributed by atoms with van der Waals surface area (Å²) in [6.07, 6.45) is 0. The van der Waals surface area contributed by atoms with E-state index >= 15 is 0 Å². The number of nitrogens with one attached hydrogen (secondary N) is 1. The van der Waals surface area contributed by atoms with Crippen molar-refractivity contribution < 1.29 is 23.9 Å². The van der Waals surface area contributed by atoms with Gasteiger partial charge in [0, 0.05) is 12.6 Å². The maximum Gasteiger partial charge on any atom is 0.326 e. The molecule has 0 aromatic heterocycles. The first-order valence-electron chi connectivity index (χ1n) is 7.21. The van der Waals surface area contributed by atoms with E-state index in [1.54, 1.807) is 13.8 Å². The van der Waals surface area contributed by atoms with Gasteiger partial charge in [0.1, 0.15) is 17.9 Å². The molecule has 0 aliphatic rings. The molecule has 0 radical (unpaired) electrons. The Morgan fingerprint density at radius 2 is 1.65 bits per heavy atom. The van der Waals surface area contributed by atoms with E-state index in [2.05, 4.69) is 5.32 Å². The van der Waals surface area contributed by atoms with E-state index in [4.69, 9.17) is 5.11 Å². The lowest BCUT2D eigenvalue weighted by Crippen LogP contribution is -2.53. The molecule has 0 aliphatic carbocycles. The normalized spacial score (nSPS) is 13.3. The topological polar surface area (TPSA) is 86.7 Å². The zero-order valence-electron chi connectivity index (χ0n) is 13.5. The van der Waals surface area contributed by atoms with Crippen LogP contribution in [0.4, 0.5) is 4.39 Å². The molecule has 0 fully saturated rings. The van der Waals surface area contributed by atoms with Gasteiger partial charge >= 0.3 is 5.97 Å². The Labute approximate surface area is 134 Å². The Bertz CT molecular complexity index is 586. The summed E-state index contributed by atoms with van der Waals surface area (Å²) in [7, 11) is 1.38. The molecular formula is C16H21FN2O4. The highest BCUT2D eigenvalue weighted by molar-refractivity contribution is 5.98. The molecule has 0 saturated heterocycles. The number of amides is 2. The molecular weight excluding hydrogens is 303 g/mol. The van der Waals surface area contributed by atoms with Crippen LogP contribution in [0.3, 0.4) is 0 Å². The van der Waals surface area contributed by atoms with Gasteiger partial charge in [0.05, 0.1) is 0 Å². The van der Waals surface area contributed by atoms with Gasteiger partial charge in [-0.25, -0.2) is 9.18 Å². The molecule has 1 rings (SSSR count). The Hall–Kier alpha value is -2.44.